The van der Waals surface area contributed by atoms with Crippen LogP contribution in [0.3, 0.4) is 0 Å². The Labute approximate surface area is 186 Å². The summed E-state index contributed by atoms with van der Waals surface area (Å²) in [5, 5.41) is 2.95. The Balaban J connectivity index is 1.12. The van der Waals surface area contributed by atoms with Gasteiger partial charge in [0, 0.05) is 50.6 Å². The van der Waals surface area contributed by atoms with Gasteiger partial charge >= 0.3 is 0 Å². The Morgan fingerprint density at radius 3 is 2.55 bits per heavy atom. The fraction of sp³-hybridized carbons (Fsp3) is 0.391. The van der Waals surface area contributed by atoms with Crippen LogP contribution >= 0.6 is 11.8 Å². The third-order valence-corrected chi connectivity index (χ3v) is 6.40. The molecule has 2 aromatic carbocycles. The number of thioether (sulfide) groups is 1. The molecule has 0 atom stereocenters. The van der Waals surface area contributed by atoms with Crippen LogP contribution in [0.5, 0.6) is 11.5 Å². The average molecular weight is 442 g/mol. The van der Waals surface area contributed by atoms with Gasteiger partial charge in [-0.15, -0.1) is 11.8 Å². The maximum Gasteiger partial charge on any atom is 0.251 e. The Morgan fingerprint density at radius 2 is 1.74 bits per heavy atom. The van der Waals surface area contributed by atoms with Crippen molar-refractivity contribution in [3.8, 4) is 11.5 Å². The van der Waals surface area contributed by atoms with Gasteiger partial charge in [-0.1, -0.05) is 30.3 Å². The predicted octanol–water partition coefficient (Wildman–Crippen LogP) is 2.22. The van der Waals surface area contributed by atoms with Gasteiger partial charge in [-0.05, 0) is 23.8 Å². The molecule has 0 saturated carbocycles. The van der Waals surface area contributed by atoms with Crippen LogP contribution in [0.25, 0.3) is 0 Å². The lowest BCUT2D eigenvalue weighted by Gasteiger charge is -2.34. The van der Waals surface area contributed by atoms with Crippen LogP contribution in [0.1, 0.15) is 15.9 Å². The molecule has 0 unspecified atom stereocenters. The molecule has 2 aromatic rings. The number of piperazine rings is 1. The van der Waals surface area contributed by atoms with Crippen molar-refractivity contribution in [3.63, 3.8) is 0 Å². The van der Waals surface area contributed by atoms with Crippen LogP contribution in [-0.4, -0.2) is 73.4 Å². The molecular formula is C23H27N3O4S. The Kier molecular flexibility index (Phi) is 7.32. The minimum atomic E-state index is -0.123. The van der Waals surface area contributed by atoms with E-state index in [1.54, 1.807) is 30.0 Å². The number of amides is 2. The fourth-order valence-electron chi connectivity index (χ4n) is 3.61. The normalized spacial score (nSPS) is 15.7. The fourth-order valence-corrected chi connectivity index (χ4v) is 4.50. The molecule has 4 rings (SSSR count). The number of nitrogens with one attached hydrogen (secondary N) is 1. The van der Waals surface area contributed by atoms with E-state index in [1.807, 2.05) is 23.1 Å². The summed E-state index contributed by atoms with van der Waals surface area (Å²) in [4.78, 5) is 29.0. The standard InChI is InChI=1S/C23H27N3O4S/c27-22(16-31-15-18-4-2-1-3-5-18)26-12-10-25(11-13-26)9-8-24-23(28)19-6-7-20-21(14-19)30-17-29-20/h1-7,14H,8-13,15-17H2,(H,24,28). The van der Waals surface area contributed by atoms with E-state index in [4.69, 9.17) is 9.47 Å². The number of hydrogen-bond acceptors (Lipinski definition) is 6. The molecule has 31 heavy (non-hydrogen) atoms. The van der Waals surface area contributed by atoms with E-state index < -0.39 is 0 Å². The van der Waals surface area contributed by atoms with Crippen molar-refractivity contribution in [3.05, 3.63) is 59.7 Å². The number of nitrogens with zero attached hydrogens (tertiary/aromatic N) is 2. The molecule has 1 N–H and O–H groups in total. The largest absolute Gasteiger partial charge is 0.454 e. The quantitative estimate of drug-likeness (QED) is 0.678. The van der Waals surface area contributed by atoms with Gasteiger partial charge in [0.25, 0.3) is 5.91 Å². The maximum atomic E-state index is 12.4. The molecule has 2 aliphatic rings. The van der Waals surface area contributed by atoms with Gasteiger partial charge in [0.15, 0.2) is 11.5 Å². The van der Waals surface area contributed by atoms with Gasteiger partial charge in [-0.25, -0.2) is 0 Å². The molecule has 7 nitrogen and oxygen atoms in total. The maximum absolute atomic E-state index is 12.4. The highest BCUT2D eigenvalue weighted by molar-refractivity contribution is 7.99. The number of carbonyl (C=O) groups excluding carboxylic acids is 2. The number of carbonyl (C=O) groups is 2. The van der Waals surface area contributed by atoms with Crippen molar-refractivity contribution in [2.45, 2.75) is 5.75 Å². The SMILES string of the molecule is O=C(NCCN1CCN(C(=O)CSCc2ccccc2)CC1)c1ccc2c(c1)OCO2. The summed E-state index contributed by atoms with van der Waals surface area (Å²) in [6, 6.07) is 15.4. The lowest BCUT2D eigenvalue weighted by molar-refractivity contribution is -0.130. The van der Waals surface area contributed by atoms with E-state index in [0.717, 1.165) is 38.5 Å². The van der Waals surface area contributed by atoms with Crippen molar-refractivity contribution < 1.29 is 19.1 Å². The lowest BCUT2D eigenvalue weighted by Crippen LogP contribution is -2.50. The zero-order valence-corrected chi connectivity index (χ0v) is 18.2. The van der Waals surface area contributed by atoms with Gasteiger partial charge in [0.2, 0.25) is 12.7 Å². The molecule has 0 bridgehead atoms. The van der Waals surface area contributed by atoms with E-state index >= 15 is 0 Å². The molecule has 0 aliphatic carbocycles. The van der Waals surface area contributed by atoms with Gasteiger partial charge in [0.05, 0.1) is 5.75 Å². The third-order valence-electron chi connectivity index (χ3n) is 5.41. The predicted molar refractivity (Wildman–Crippen MR) is 121 cm³/mol. The van der Waals surface area contributed by atoms with Crippen molar-refractivity contribution in [2.75, 3.05) is 51.8 Å². The second-order valence-electron chi connectivity index (χ2n) is 7.52. The zero-order valence-electron chi connectivity index (χ0n) is 17.4. The van der Waals surface area contributed by atoms with Gasteiger partial charge in [-0.2, -0.15) is 0 Å². The van der Waals surface area contributed by atoms with E-state index in [0.29, 0.717) is 29.4 Å². The first-order valence-electron chi connectivity index (χ1n) is 10.5. The van der Waals surface area contributed by atoms with Crippen LogP contribution in [0, 0.1) is 0 Å². The first-order valence-corrected chi connectivity index (χ1v) is 11.6. The number of fused-ring (bicyclic) bond motifs is 1. The Bertz CT molecular complexity index is 901. The number of ether oxygens (including phenoxy) is 2. The highest BCUT2D eigenvalue weighted by Gasteiger charge is 2.21. The molecule has 0 aromatic heterocycles. The average Bonchev–Trinajstić information content (AvgIpc) is 3.28. The monoisotopic (exact) mass is 441 g/mol. The van der Waals surface area contributed by atoms with Crippen LogP contribution in [0.2, 0.25) is 0 Å². The number of benzene rings is 2. The Hall–Kier alpha value is -2.71. The topological polar surface area (TPSA) is 71.1 Å². The molecule has 1 fully saturated rings. The summed E-state index contributed by atoms with van der Waals surface area (Å²) in [5.41, 5.74) is 1.81. The van der Waals surface area contributed by atoms with Crippen molar-refractivity contribution in [1.29, 1.82) is 0 Å². The number of hydrogen-bond donors (Lipinski definition) is 1. The highest BCUT2D eigenvalue weighted by Crippen LogP contribution is 2.32. The summed E-state index contributed by atoms with van der Waals surface area (Å²) in [6.07, 6.45) is 0. The number of rotatable bonds is 8. The van der Waals surface area contributed by atoms with Crippen molar-refractivity contribution in [2.24, 2.45) is 0 Å². The Morgan fingerprint density at radius 1 is 0.968 bits per heavy atom. The summed E-state index contributed by atoms with van der Waals surface area (Å²) in [7, 11) is 0. The van der Waals surface area contributed by atoms with E-state index in [1.165, 1.54) is 5.56 Å². The smallest absolute Gasteiger partial charge is 0.251 e. The summed E-state index contributed by atoms with van der Waals surface area (Å²) >= 11 is 1.66. The summed E-state index contributed by atoms with van der Waals surface area (Å²) in [6.45, 7) is 4.65. The first kappa shape index (κ1) is 21.5. The minimum Gasteiger partial charge on any atom is -0.454 e. The molecule has 1 saturated heterocycles. The van der Waals surface area contributed by atoms with Gasteiger partial charge in [0.1, 0.15) is 0 Å². The summed E-state index contributed by atoms with van der Waals surface area (Å²) < 4.78 is 10.6. The van der Waals surface area contributed by atoms with E-state index in [9.17, 15) is 9.59 Å². The molecule has 0 spiro atoms. The van der Waals surface area contributed by atoms with Crippen LogP contribution in [-0.2, 0) is 10.5 Å². The summed E-state index contributed by atoms with van der Waals surface area (Å²) in [5.74, 6) is 2.73. The van der Waals surface area contributed by atoms with E-state index in [-0.39, 0.29) is 18.6 Å². The van der Waals surface area contributed by atoms with Crippen molar-refractivity contribution >= 4 is 23.6 Å². The molecular weight excluding hydrogens is 414 g/mol. The van der Waals surface area contributed by atoms with Gasteiger partial charge < -0.3 is 19.7 Å². The first-order chi connectivity index (χ1) is 15.2. The van der Waals surface area contributed by atoms with Crippen LogP contribution < -0.4 is 14.8 Å². The molecule has 2 amide bonds. The van der Waals surface area contributed by atoms with Crippen molar-refractivity contribution in [1.82, 2.24) is 15.1 Å². The molecule has 0 radical (unpaired) electrons. The highest BCUT2D eigenvalue weighted by atomic mass is 32.2. The minimum absolute atomic E-state index is 0.123. The molecule has 2 aliphatic heterocycles. The second kappa shape index (κ2) is 10.5. The van der Waals surface area contributed by atoms with Gasteiger partial charge in [-0.3, -0.25) is 14.5 Å². The lowest BCUT2D eigenvalue weighted by atomic mass is 10.2. The second-order valence-corrected chi connectivity index (χ2v) is 8.51. The zero-order chi connectivity index (χ0) is 21.5. The molecule has 164 valence electrons. The van der Waals surface area contributed by atoms with E-state index in [2.05, 4.69) is 22.3 Å². The molecule has 2 heterocycles. The molecule has 8 heteroatoms. The third kappa shape index (κ3) is 5.92. The van der Waals surface area contributed by atoms with Crippen LogP contribution in [0.4, 0.5) is 0 Å². The van der Waals surface area contributed by atoms with Crippen LogP contribution in [0.15, 0.2) is 48.5 Å².